The van der Waals surface area contributed by atoms with Crippen LogP contribution in [0.2, 0.25) is 25.7 Å². The molecule has 2 aliphatic rings. The molecule has 1 heterocycles. The number of carbonyl (C=O) groups is 2. The number of allylic oxidation sites excluding steroid dienone is 1. The lowest BCUT2D eigenvalue weighted by Gasteiger charge is -2.56. The Labute approximate surface area is 185 Å². The van der Waals surface area contributed by atoms with Crippen LogP contribution in [0.3, 0.4) is 0 Å². The van der Waals surface area contributed by atoms with Crippen LogP contribution in [0.25, 0.3) is 0 Å². The summed E-state index contributed by atoms with van der Waals surface area (Å²) in [4.78, 5) is 28.8. The van der Waals surface area contributed by atoms with Crippen LogP contribution in [0.4, 0.5) is 4.79 Å². The highest BCUT2D eigenvalue weighted by Crippen LogP contribution is 2.48. The maximum absolute atomic E-state index is 13.5. The van der Waals surface area contributed by atoms with Crippen molar-refractivity contribution in [1.29, 1.82) is 0 Å². The van der Waals surface area contributed by atoms with E-state index in [0.29, 0.717) is 18.8 Å². The van der Waals surface area contributed by atoms with Crippen LogP contribution in [0.5, 0.6) is 0 Å². The van der Waals surface area contributed by atoms with E-state index < -0.39 is 8.07 Å². The third kappa shape index (κ3) is 6.45. The second-order valence-corrected chi connectivity index (χ2v) is 16.3. The van der Waals surface area contributed by atoms with E-state index >= 15 is 0 Å². The van der Waals surface area contributed by atoms with Crippen molar-refractivity contribution < 1.29 is 14.3 Å². The zero-order valence-corrected chi connectivity index (χ0v) is 21.0. The fourth-order valence-electron chi connectivity index (χ4n) is 5.46. The number of unbranched alkanes of at least 4 members (excludes halogenated alkanes) is 3. The van der Waals surface area contributed by atoms with Gasteiger partial charge in [0.15, 0.2) is 0 Å². The van der Waals surface area contributed by atoms with E-state index in [1.807, 2.05) is 6.08 Å². The molecule has 1 aliphatic heterocycles. The fourth-order valence-corrected chi connectivity index (χ4v) is 6.17. The quantitative estimate of drug-likeness (QED) is 0.200. The van der Waals surface area contributed by atoms with E-state index in [0.717, 1.165) is 57.4 Å². The van der Waals surface area contributed by atoms with Gasteiger partial charge in [-0.05, 0) is 38.1 Å². The van der Waals surface area contributed by atoms with Gasteiger partial charge in [0.25, 0.3) is 0 Å². The van der Waals surface area contributed by atoms with Gasteiger partial charge in [-0.2, -0.15) is 0 Å². The summed E-state index contributed by atoms with van der Waals surface area (Å²) in [6, 6.07) is 0.975. The molecule has 5 heteroatoms. The number of rotatable bonds is 11. The van der Waals surface area contributed by atoms with Gasteiger partial charge in [0.05, 0.1) is 12.1 Å². The molecular weight excluding hydrogens is 390 g/mol. The summed E-state index contributed by atoms with van der Waals surface area (Å²) in [5.74, 6) is 0.355. The topological polar surface area (TPSA) is 46.6 Å². The molecule has 0 spiro atoms. The molecule has 0 aromatic carbocycles. The SMILES string of the molecule is C=CCC[C@]12CCCC[C@@H]1C(=O)C[C@H](CCCCCC)N2C(=O)OCC[Si](C)(C)C. The lowest BCUT2D eigenvalue weighted by Crippen LogP contribution is -2.66. The van der Waals surface area contributed by atoms with Crippen LogP contribution in [0.1, 0.15) is 84.0 Å². The highest BCUT2D eigenvalue weighted by Gasteiger charge is 2.55. The summed E-state index contributed by atoms with van der Waals surface area (Å²) < 4.78 is 5.89. The van der Waals surface area contributed by atoms with Crippen LogP contribution in [-0.2, 0) is 9.53 Å². The Morgan fingerprint density at radius 3 is 2.70 bits per heavy atom. The lowest BCUT2D eigenvalue weighted by atomic mass is 9.63. The molecule has 0 radical (unpaired) electrons. The Hall–Kier alpha value is -1.10. The van der Waals surface area contributed by atoms with E-state index in [4.69, 9.17) is 4.74 Å². The average molecular weight is 436 g/mol. The molecule has 1 saturated carbocycles. The molecule has 172 valence electrons. The predicted octanol–water partition coefficient (Wildman–Crippen LogP) is 6.97. The van der Waals surface area contributed by atoms with Gasteiger partial charge in [0.2, 0.25) is 0 Å². The standard InChI is InChI=1S/C25H45NO3Si/c1-6-8-10-11-14-21-20-23(27)22-15-12-13-17-25(22,16-9-7-2)26(21)24(28)29-18-19-30(3,4)5/h7,21-22H,2,6,8-20H2,1,3-5H3/t21-,22+,25-/m0/s1. The van der Waals surface area contributed by atoms with Crippen molar-refractivity contribution in [2.75, 3.05) is 6.61 Å². The second-order valence-electron chi connectivity index (χ2n) is 10.7. The summed E-state index contributed by atoms with van der Waals surface area (Å²) >= 11 is 0. The Morgan fingerprint density at radius 2 is 2.03 bits per heavy atom. The van der Waals surface area contributed by atoms with Gasteiger partial charge in [-0.3, -0.25) is 9.69 Å². The Bertz CT molecular complexity index is 585. The second kappa shape index (κ2) is 11.5. The van der Waals surface area contributed by atoms with Crippen molar-refractivity contribution in [3.8, 4) is 0 Å². The molecule has 1 saturated heterocycles. The van der Waals surface area contributed by atoms with E-state index in [1.165, 1.54) is 19.3 Å². The highest BCUT2D eigenvalue weighted by molar-refractivity contribution is 6.76. The van der Waals surface area contributed by atoms with E-state index in [9.17, 15) is 9.59 Å². The monoisotopic (exact) mass is 435 g/mol. The predicted molar refractivity (Wildman–Crippen MR) is 128 cm³/mol. The molecule has 0 aromatic rings. The number of carbonyl (C=O) groups excluding carboxylic acids is 2. The minimum Gasteiger partial charge on any atom is -0.450 e. The zero-order chi connectivity index (χ0) is 22.2. The first kappa shape index (κ1) is 25.2. The van der Waals surface area contributed by atoms with Crippen LogP contribution < -0.4 is 0 Å². The van der Waals surface area contributed by atoms with Gasteiger partial charge < -0.3 is 4.74 Å². The maximum atomic E-state index is 13.5. The molecule has 0 N–H and O–H groups in total. The van der Waals surface area contributed by atoms with Crippen molar-refractivity contribution >= 4 is 20.0 Å². The number of ether oxygens (including phenoxy) is 1. The average Bonchev–Trinajstić information content (AvgIpc) is 2.68. The summed E-state index contributed by atoms with van der Waals surface area (Å²) in [6.45, 7) is 13.5. The van der Waals surface area contributed by atoms with Crippen LogP contribution >= 0.6 is 0 Å². The molecule has 0 bridgehead atoms. The summed E-state index contributed by atoms with van der Waals surface area (Å²) in [5, 5.41) is 0. The first-order valence-electron chi connectivity index (χ1n) is 12.3. The third-order valence-electron chi connectivity index (χ3n) is 7.12. The zero-order valence-electron chi connectivity index (χ0n) is 20.0. The van der Waals surface area contributed by atoms with Gasteiger partial charge in [0, 0.05) is 26.5 Å². The molecule has 3 atom stereocenters. The molecule has 1 aliphatic carbocycles. The van der Waals surface area contributed by atoms with Gasteiger partial charge in [-0.25, -0.2) is 4.79 Å². The van der Waals surface area contributed by atoms with Gasteiger partial charge >= 0.3 is 6.09 Å². The number of hydrogen-bond donors (Lipinski definition) is 0. The van der Waals surface area contributed by atoms with Crippen LogP contribution in [-0.4, -0.2) is 43.0 Å². The lowest BCUT2D eigenvalue weighted by molar-refractivity contribution is -0.142. The molecular formula is C25H45NO3Si. The molecule has 0 unspecified atom stereocenters. The summed E-state index contributed by atoms with van der Waals surface area (Å²) in [5.41, 5.74) is -0.368. The number of nitrogens with zero attached hydrogens (tertiary/aromatic N) is 1. The minimum absolute atomic E-state index is 0.00657. The Balaban J connectivity index is 2.27. The summed E-state index contributed by atoms with van der Waals surface area (Å²) in [6.07, 6.45) is 13.5. The van der Waals surface area contributed by atoms with Crippen molar-refractivity contribution in [1.82, 2.24) is 4.90 Å². The van der Waals surface area contributed by atoms with Gasteiger partial charge in [0.1, 0.15) is 5.78 Å². The Kier molecular flexibility index (Phi) is 9.64. The molecule has 4 nitrogen and oxygen atoms in total. The maximum Gasteiger partial charge on any atom is 0.410 e. The number of ketones is 1. The van der Waals surface area contributed by atoms with E-state index in [2.05, 4.69) is 38.0 Å². The molecule has 2 fully saturated rings. The first-order chi connectivity index (χ1) is 14.2. The van der Waals surface area contributed by atoms with Crippen molar-refractivity contribution in [3.05, 3.63) is 12.7 Å². The van der Waals surface area contributed by atoms with E-state index in [1.54, 1.807) is 0 Å². The molecule has 0 aromatic heterocycles. The first-order valence-corrected chi connectivity index (χ1v) is 16.1. The van der Waals surface area contributed by atoms with Gasteiger partial charge in [-0.15, -0.1) is 6.58 Å². The molecule has 2 rings (SSSR count). The molecule has 1 amide bonds. The Morgan fingerprint density at radius 1 is 1.27 bits per heavy atom. The number of likely N-dealkylation sites (tertiary alicyclic amines) is 1. The number of Topliss-reactive ketones (excluding diaryl/α,β-unsaturated/α-hetero) is 1. The van der Waals surface area contributed by atoms with Crippen LogP contribution in [0.15, 0.2) is 12.7 Å². The number of piperidine rings is 1. The van der Waals surface area contributed by atoms with Crippen molar-refractivity contribution in [2.45, 2.75) is 121 Å². The van der Waals surface area contributed by atoms with Crippen LogP contribution in [0, 0.1) is 5.92 Å². The highest BCUT2D eigenvalue weighted by atomic mass is 28.3. The number of amides is 1. The number of hydrogen-bond acceptors (Lipinski definition) is 3. The molecule has 30 heavy (non-hydrogen) atoms. The smallest absolute Gasteiger partial charge is 0.410 e. The van der Waals surface area contributed by atoms with Gasteiger partial charge in [-0.1, -0.05) is 71.2 Å². The van der Waals surface area contributed by atoms with E-state index in [-0.39, 0.29) is 23.6 Å². The normalized spacial score (nSPS) is 26.9. The third-order valence-corrected chi connectivity index (χ3v) is 8.82. The largest absolute Gasteiger partial charge is 0.450 e. The number of fused-ring (bicyclic) bond motifs is 1. The van der Waals surface area contributed by atoms with Crippen molar-refractivity contribution in [2.24, 2.45) is 5.92 Å². The minimum atomic E-state index is -1.27. The van der Waals surface area contributed by atoms with Crippen molar-refractivity contribution in [3.63, 3.8) is 0 Å². The summed E-state index contributed by atoms with van der Waals surface area (Å²) in [7, 11) is -1.27. The fraction of sp³-hybridized carbons (Fsp3) is 0.840.